The minimum atomic E-state index is -1.40. The fourth-order valence-corrected chi connectivity index (χ4v) is 2.31. The molecule has 0 aliphatic carbocycles. The molecular formula is C15H27N5O6S. The summed E-state index contributed by atoms with van der Waals surface area (Å²) in [5.74, 6) is -4.87. The van der Waals surface area contributed by atoms with Crippen LogP contribution in [0.5, 0.6) is 0 Å². The summed E-state index contributed by atoms with van der Waals surface area (Å²) in [6.45, 7) is 3.19. The van der Waals surface area contributed by atoms with Crippen LogP contribution in [0.2, 0.25) is 0 Å². The summed E-state index contributed by atoms with van der Waals surface area (Å²) in [6, 6.07) is -3.71. The molecule has 8 N–H and O–H groups in total. The van der Waals surface area contributed by atoms with Crippen LogP contribution < -0.4 is 27.4 Å². The van der Waals surface area contributed by atoms with Gasteiger partial charge in [0.2, 0.25) is 23.6 Å². The molecule has 0 spiro atoms. The lowest BCUT2D eigenvalue weighted by Crippen LogP contribution is -2.58. The molecule has 0 aromatic carbocycles. The Kier molecular flexibility index (Phi) is 11.1. The molecule has 0 saturated carbocycles. The Morgan fingerprint density at radius 2 is 1.59 bits per heavy atom. The summed E-state index contributed by atoms with van der Waals surface area (Å²) >= 11 is 3.82. The zero-order chi connectivity index (χ0) is 21.1. The number of carboxylic acids is 1. The van der Waals surface area contributed by atoms with Gasteiger partial charge in [-0.1, -0.05) is 20.3 Å². The zero-order valence-electron chi connectivity index (χ0n) is 15.2. The van der Waals surface area contributed by atoms with Crippen LogP contribution in [0.1, 0.15) is 26.7 Å². The summed E-state index contributed by atoms with van der Waals surface area (Å²) in [5.41, 5.74) is 10.4. The predicted octanol–water partition coefficient (Wildman–Crippen LogP) is -2.66. The topological polar surface area (TPSA) is 194 Å². The summed E-state index contributed by atoms with van der Waals surface area (Å²) in [4.78, 5) is 58.7. The van der Waals surface area contributed by atoms with Gasteiger partial charge in [0.05, 0.1) is 13.0 Å². The SMILES string of the molecule is CCC(C)C(NC(=O)CN)C(=O)NC(CC(N)=O)C(=O)NC(CS)C(=O)O. The fraction of sp³-hybridized carbons (Fsp3) is 0.667. The second kappa shape index (κ2) is 12.1. The largest absolute Gasteiger partial charge is 0.480 e. The highest BCUT2D eigenvalue weighted by Crippen LogP contribution is 2.09. The van der Waals surface area contributed by atoms with E-state index in [4.69, 9.17) is 16.6 Å². The number of rotatable bonds is 12. The fourth-order valence-electron chi connectivity index (χ4n) is 2.06. The predicted molar refractivity (Wildman–Crippen MR) is 99.6 cm³/mol. The van der Waals surface area contributed by atoms with Gasteiger partial charge in [0, 0.05) is 5.75 Å². The van der Waals surface area contributed by atoms with Gasteiger partial charge in [-0.15, -0.1) is 0 Å². The van der Waals surface area contributed by atoms with Crippen LogP contribution in [0.4, 0.5) is 0 Å². The maximum atomic E-state index is 12.6. The standard InChI is InChI=1S/C15H27N5O6S/c1-3-7(2)12(20-11(22)5-16)14(24)18-8(4-10(17)21)13(23)19-9(6-27)15(25)26/h7-9,12,27H,3-6,16H2,1-2H3,(H2,17,21)(H,18,24)(H,19,23)(H,20,22)(H,25,26). The Balaban J connectivity index is 5.35. The molecule has 4 amide bonds. The lowest BCUT2D eigenvalue weighted by Gasteiger charge is -2.26. The molecule has 0 saturated heterocycles. The van der Waals surface area contributed by atoms with Crippen molar-refractivity contribution in [3.8, 4) is 0 Å². The first-order valence-electron chi connectivity index (χ1n) is 8.29. The van der Waals surface area contributed by atoms with E-state index in [9.17, 15) is 24.0 Å². The Morgan fingerprint density at radius 1 is 1.04 bits per heavy atom. The average Bonchev–Trinajstić information content (AvgIpc) is 2.61. The normalized spacial score (nSPS) is 15.0. The molecular weight excluding hydrogens is 378 g/mol. The molecule has 12 heteroatoms. The van der Waals surface area contributed by atoms with Gasteiger partial charge >= 0.3 is 5.97 Å². The molecule has 0 fully saturated rings. The Bertz CT molecular complexity index is 573. The minimum Gasteiger partial charge on any atom is -0.480 e. The first kappa shape index (κ1) is 24.7. The molecule has 11 nitrogen and oxygen atoms in total. The zero-order valence-corrected chi connectivity index (χ0v) is 16.1. The molecule has 4 atom stereocenters. The quantitative estimate of drug-likeness (QED) is 0.172. The summed E-state index contributed by atoms with van der Waals surface area (Å²) in [5, 5.41) is 15.9. The van der Waals surface area contributed by atoms with E-state index in [0.717, 1.165) is 0 Å². The van der Waals surface area contributed by atoms with Gasteiger partial charge in [-0.2, -0.15) is 12.6 Å². The van der Waals surface area contributed by atoms with Crippen LogP contribution in [0.15, 0.2) is 0 Å². The molecule has 0 aliphatic heterocycles. The van der Waals surface area contributed by atoms with E-state index in [-0.39, 0.29) is 18.2 Å². The number of primary amides is 1. The third kappa shape index (κ3) is 8.73. The Hall–Kier alpha value is -2.34. The number of carbonyl (C=O) groups is 5. The highest BCUT2D eigenvalue weighted by atomic mass is 32.1. The second-order valence-corrected chi connectivity index (χ2v) is 6.31. The monoisotopic (exact) mass is 405 g/mol. The molecule has 0 aromatic heterocycles. The van der Waals surface area contributed by atoms with Gasteiger partial charge in [0.15, 0.2) is 0 Å². The molecule has 4 unspecified atom stereocenters. The van der Waals surface area contributed by atoms with E-state index in [1.54, 1.807) is 13.8 Å². The van der Waals surface area contributed by atoms with E-state index < -0.39 is 54.1 Å². The van der Waals surface area contributed by atoms with Crippen molar-refractivity contribution in [2.75, 3.05) is 12.3 Å². The van der Waals surface area contributed by atoms with Crippen LogP contribution in [0.25, 0.3) is 0 Å². The van der Waals surface area contributed by atoms with E-state index >= 15 is 0 Å². The average molecular weight is 405 g/mol. The van der Waals surface area contributed by atoms with Crippen molar-refractivity contribution in [1.29, 1.82) is 0 Å². The Morgan fingerprint density at radius 3 is 2.00 bits per heavy atom. The summed E-state index contributed by atoms with van der Waals surface area (Å²) in [7, 11) is 0. The van der Waals surface area contributed by atoms with Crippen molar-refractivity contribution in [2.24, 2.45) is 17.4 Å². The van der Waals surface area contributed by atoms with Crippen LogP contribution in [-0.4, -0.2) is 65.1 Å². The minimum absolute atomic E-state index is 0.194. The molecule has 0 bridgehead atoms. The van der Waals surface area contributed by atoms with Crippen LogP contribution in [-0.2, 0) is 24.0 Å². The van der Waals surface area contributed by atoms with Crippen LogP contribution in [0, 0.1) is 5.92 Å². The van der Waals surface area contributed by atoms with Crippen LogP contribution >= 0.6 is 12.6 Å². The number of nitrogens with two attached hydrogens (primary N) is 2. The third-order valence-corrected chi connectivity index (χ3v) is 4.20. The molecule has 27 heavy (non-hydrogen) atoms. The third-order valence-electron chi connectivity index (χ3n) is 3.83. The van der Waals surface area contributed by atoms with Crippen LogP contribution in [0.3, 0.4) is 0 Å². The maximum absolute atomic E-state index is 12.6. The maximum Gasteiger partial charge on any atom is 0.327 e. The lowest BCUT2D eigenvalue weighted by atomic mass is 9.97. The molecule has 0 aromatic rings. The van der Waals surface area contributed by atoms with Gasteiger partial charge in [-0.05, 0) is 5.92 Å². The number of hydrogen-bond acceptors (Lipinski definition) is 7. The van der Waals surface area contributed by atoms with Crippen molar-refractivity contribution >= 4 is 42.2 Å². The van der Waals surface area contributed by atoms with E-state index in [2.05, 4.69) is 28.6 Å². The highest BCUT2D eigenvalue weighted by Gasteiger charge is 2.31. The number of hydrogen-bond donors (Lipinski definition) is 7. The number of carboxylic acid groups (broad SMARTS) is 1. The molecule has 0 radical (unpaired) electrons. The number of carbonyl (C=O) groups excluding carboxylic acids is 4. The molecule has 154 valence electrons. The number of thiol groups is 1. The van der Waals surface area contributed by atoms with Gasteiger partial charge in [-0.25, -0.2) is 4.79 Å². The second-order valence-electron chi connectivity index (χ2n) is 5.95. The van der Waals surface area contributed by atoms with Gasteiger partial charge in [0.25, 0.3) is 0 Å². The molecule has 0 aliphatic rings. The number of amides is 4. The molecule has 0 heterocycles. The summed E-state index contributed by atoms with van der Waals surface area (Å²) < 4.78 is 0. The van der Waals surface area contributed by atoms with Crippen molar-refractivity contribution < 1.29 is 29.1 Å². The Labute approximate surface area is 162 Å². The van der Waals surface area contributed by atoms with Crippen molar-refractivity contribution in [3.05, 3.63) is 0 Å². The first-order chi connectivity index (χ1) is 12.6. The van der Waals surface area contributed by atoms with Crippen molar-refractivity contribution in [3.63, 3.8) is 0 Å². The molecule has 0 rings (SSSR count). The van der Waals surface area contributed by atoms with Crippen molar-refractivity contribution in [1.82, 2.24) is 16.0 Å². The smallest absolute Gasteiger partial charge is 0.327 e. The van der Waals surface area contributed by atoms with E-state index in [0.29, 0.717) is 6.42 Å². The number of nitrogens with one attached hydrogen (secondary N) is 3. The van der Waals surface area contributed by atoms with E-state index in [1.165, 1.54) is 0 Å². The van der Waals surface area contributed by atoms with Crippen molar-refractivity contribution in [2.45, 2.75) is 44.8 Å². The number of aliphatic carboxylic acids is 1. The van der Waals surface area contributed by atoms with E-state index in [1.807, 2.05) is 0 Å². The first-order valence-corrected chi connectivity index (χ1v) is 8.92. The summed E-state index contributed by atoms with van der Waals surface area (Å²) in [6.07, 6.45) is -0.00902. The van der Waals surface area contributed by atoms with Gasteiger partial charge < -0.3 is 32.5 Å². The van der Waals surface area contributed by atoms with Gasteiger partial charge in [-0.3, -0.25) is 19.2 Å². The van der Waals surface area contributed by atoms with Gasteiger partial charge in [0.1, 0.15) is 18.1 Å². The highest BCUT2D eigenvalue weighted by molar-refractivity contribution is 7.80. The lowest BCUT2D eigenvalue weighted by molar-refractivity contribution is -0.141.